The monoisotopic (exact) mass is 552 g/mol. The van der Waals surface area contributed by atoms with E-state index < -0.39 is 39.4 Å². The molecular formula is C29H30F2N4O3S. The number of sulfone groups is 1. The fourth-order valence-electron chi connectivity index (χ4n) is 6.12. The van der Waals surface area contributed by atoms with Crippen molar-refractivity contribution >= 4 is 26.8 Å². The molecule has 2 saturated carbocycles. The molecule has 6 rings (SSSR count). The number of nitrogens with zero attached hydrogens (tertiary/aromatic N) is 4. The van der Waals surface area contributed by atoms with Crippen molar-refractivity contribution in [2.24, 2.45) is 11.3 Å². The number of Topliss-reactive ketones (excluding diaryl/α,β-unsaturated/α-hetero) is 1. The van der Waals surface area contributed by atoms with Gasteiger partial charge in [0.15, 0.2) is 9.84 Å². The van der Waals surface area contributed by atoms with Gasteiger partial charge in [-0.3, -0.25) is 4.79 Å². The average Bonchev–Trinajstić information content (AvgIpc) is 3.58. The van der Waals surface area contributed by atoms with E-state index in [0.717, 1.165) is 22.3 Å². The highest BCUT2D eigenvalue weighted by Crippen LogP contribution is 2.53. The molecule has 3 fully saturated rings. The van der Waals surface area contributed by atoms with E-state index in [9.17, 15) is 27.3 Å². The van der Waals surface area contributed by atoms with Crippen molar-refractivity contribution in [3.63, 3.8) is 0 Å². The largest absolute Gasteiger partial charge is 0.369 e. The molecule has 39 heavy (non-hydrogen) atoms. The Morgan fingerprint density at radius 1 is 1.08 bits per heavy atom. The Balaban J connectivity index is 1.37. The van der Waals surface area contributed by atoms with Crippen LogP contribution in [-0.2, 0) is 14.6 Å². The highest BCUT2D eigenvalue weighted by Gasteiger charge is 2.51. The molecule has 3 aromatic rings. The van der Waals surface area contributed by atoms with Crippen LogP contribution in [-0.4, -0.2) is 54.3 Å². The predicted molar refractivity (Wildman–Crippen MR) is 143 cm³/mol. The molecular weight excluding hydrogens is 522 g/mol. The molecule has 0 radical (unpaired) electrons. The van der Waals surface area contributed by atoms with Gasteiger partial charge in [-0.1, -0.05) is 18.2 Å². The second kappa shape index (κ2) is 9.40. The Morgan fingerprint density at radius 3 is 2.46 bits per heavy atom. The van der Waals surface area contributed by atoms with Crippen LogP contribution in [0, 0.1) is 22.7 Å². The number of benzene rings is 1. The lowest BCUT2D eigenvalue weighted by atomic mass is 9.71. The summed E-state index contributed by atoms with van der Waals surface area (Å²) in [5.74, 6) is -4.32. The number of hydrogen-bond donors (Lipinski definition) is 0. The van der Waals surface area contributed by atoms with Crippen LogP contribution in [0.15, 0.2) is 48.7 Å². The molecule has 3 aliphatic rings. The van der Waals surface area contributed by atoms with Crippen molar-refractivity contribution in [3.8, 4) is 17.2 Å². The van der Waals surface area contributed by atoms with Gasteiger partial charge in [-0.05, 0) is 49.1 Å². The van der Waals surface area contributed by atoms with Gasteiger partial charge in [0.1, 0.15) is 5.78 Å². The zero-order valence-electron chi connectivity index (χ0n) is 21.5. The number of hydrogen-bond acceptors (Lipinski definition) is 6. The highest BCUT2D eigenvalue weighted by atomic mass is 32.2. The average molecular weight is 553 g/mol. The molecule has 10 heteroatoms. The van der Waals surface area contributed by atoms with Gasteiger partial charge in [-0.15, -0.1) is 0 Å². The van der Waals surface area contributed by atoms with E-state index in [-0.39, 0.29) is 36.6 Å². The molecule has 204 valence electrons. The molecule has 2 atom stereocenters. The number of rotatable bonds is 6. The molecule has 1 aromatic carbocycles. The van der Waals surface area contributed by atoms with E-state index in [1.54, 1.807) is 4.52 Å². The first kappa shape index (κ1) is 25.9. The second-order valence-electron chi connectivity index (χ2n) is 11.3. The summed E-state index contributed by atoms with van der Waals surface area (Å²) in [5.41, 5.74) is 3.36. The van der Waals surface area contributed by atoms with Crippen molar-refractivity contribution in [1.82, 2.24) is 9.61 Å². The van der Waals surface area contributed by atoms with E-state index in [1.165, 1.54) is 0 Å². The van der Waals surface area contributed by atoms with E-state index in [1.807, 2.05) is 53.6 Å². The summed E-state index contributed by atoms with van der Waals surface area (Å²) in [7, 11) is -2.99. The van der Waals surface area contributed by atoms with Gasteiger partial charge < -0.3 is 4.90 Å². The van der Waals surface area contributed by atoms with E-state index in [2.05, 4.69) is 6.07 Å². The van der Waals surface area contributed by atoms with Crippen LogP contribution in [0.3, 0.4) is 0 Å². The molecule has 0 amide bonds. The maximum Gasteiger partial charge on any atom is 0.248 e. The zero-order valence-corrected chi connectivity index (χ0v) is 22.3. The molecule has 2 aromatic heterocycles. The van der Waals surface area contributed by atoms with Crippen LogP contribution in [0.4, 0.5) is 14.5 Å². The minimum absolute atomic E-state index is 0.0176. The van der Waals surface area contributed by atoms with Crippen LogP contribution in [0.1, 0.15) is 50.1 Å². The summed E-state index contributed by atoms with van der Waals surface area (Å²) in [6.45, 7) is 0.877. The summed E-state index contributed by atoms with van der Waals surface area (Å²) in [4.78, 5) is 15.5. The number of fused-ring (bicyclic) bond motifs is 1. The summed E-state index contributed by atoms with van der Waals surface area (Å²) in [5, 5.41) is 14.4. The molecule has 0 N–H and O–H groups in total. The molecule has 7 nitrogen and oxygen atoms in total. The third kappa shape index (κ3) is 5.05. The standard InChI is InChI=1S/C29H30F2N4O3S/c30-29(31)9-8-22(23(17-29)25(36)18-28(19-32)10-11-28)27-26(24-3-1-2-12-35(24)33-27)20-4-6-21(7-5-20)34-13-15-39(37,38)16-14-34/h1-7,12,22-23H,8-11,13-18H2/t22-,23-/m1/s1. The lowest BCUT2D eigenvalue weighted by Gasteiger charge is -2.35. The molecule has 3 heterocycles. The number of anilines is 1. The Morgan fingerprint density at radius 2 is 1.79 bits per heavy atom. The number of aromatic nitrogens is 2. The van der Waals surface area contributed by atoms with Crippen LogP contribution >= 0.6 is 0 Å². The van der Waals surface area contributed by atoms with Crippen LogP contribution in [0.2, 0.25) is 0 Å². The Bertz CT molecular complexity index is 1560. The predicted octanol–water partition coefficient (Wildman–Crippen LogP) is 5.02. The van der Waals surface area contributed by atoms with Crippen LogP contribution in [0.25, 0.3) is 16.6 Å². The van der Waals surface area contributed by atoms with Crippen molar-refractivity contribution in [2.75, 3.05) is 29.5 Å². The third-order valence-corrected chi connectivity index (χ3v) is 10.2. The fourth-order valence-corrected chi connectivity index (χ4v) is 7.33. The molecule has 0 spiro atoms. The van der Waals surface area contributed by atoms with Gasteiger partial charge in [-0.2, -0.15) is 10.4 Å². The minimum Gasteiger partial charge on any atom is -0.369 e. The summed E-state index contributed by atoms with van der Waals surface area (Å²) in [6, 6.07) is 15.7. The van der Waals surface area contributed by atoms with Crippen molar-refractivity contribution in [3.05, 3.63) is 54.4 Å². The molecule has 1 saturated heterocycles. The van der Waals surface area contributed by atoms with E-state index >= 15 is 0 Å². The smallest absolute Gasteiger partial charge is 0.248 e. The fraction of sp³-hybridized carbons (Fsp3) is 0.483. The molecule has 0 unspecified atom stereocenters. The van der Waals surface area contributed by atoms with Gasteiger partial charge >= 0.3 is 0 Å². The highest BCUT2D eigenvalue weighted by molar-refractivity contribution is 7.91. The van der Waals surface area contributed by atoms with Gasteiger partial charge in [0, 0.05) is 61.6 Å². The van der Waals surface area contributed by atoms with Crippen LogP contribution < -0.4 is 4.90 Å². The number of pyridine rings is 1. The summed E-state index contributed by atoms with van der Waals surface area (Å²) >= 11 is 0. The van der Waals surface area contributed by atoms with Gasteiger partial charge in [0.25, 0.3) is 0 Å². The first-order valence-electron chi connectivity index (χ1n) is 13.4. The maximum absolute atomic E-state index is 14.6. The number of ketones is 1. The minimum atomic E-state index is -2.99. The summed E-state index contributed by atoms with van der Waals surface area (Å²) < 4.78 is 54.7. The Hall–Kier alpha value is -3.32. The molecule has 1 aliphatic heterocycles. The normalized spacial score (nSPS) is 25.2. The molecule has 2 aliphatic carbocycles. The third-order valence-electron chi connectivity index (χ3n) is 8.63. The van der Waals surface area contributed by atoms with E-state index in [0.29, 0.717) is 31.6 Å². The topological polar surface area (TPSA) is 95.5 Å². The number of carbonyl (C=O) groups excluding carboxylic acids is 1. The van der Waals surface area contributed by atoms with Crippen molar-refractivity contribution in [2.45, 2.75) is 50.4 Å². The zero-order chi connectivity index (χ0) is 27.4. The van der Waals surface area contributed by atoms with Crippen molar-refractivity contribution < 1.29 is 22.0 Å². The molecule has 0 bridgehead atoms. The Kier molecular flexibility index (Phi) is 6.25. The Labute approximate surface area is 226 Å². The summed E-state index contributed by atoms with van der Waals surface area (Å²) in [6.07, 6.45) is 2.41. The lowest BCUT2D eigenvalue weighted by Crippen LogP contribution is -2.40. The van der Waals surface area contributed by atoms with Gasteiger partial charge in [0.05, 0.1) is 34.2 Å². The SMILES string of the molecule is N#CC1(CC(=O)[C@@H]2CC(F)(F)CC[C@H]2c2nn3ccccc3c2-c2ccc(N3CCS(=O)(=O)CC3)cc2)CC1. The second-order valence-corrected chi connectivity index (χ2v) is 13.6. The van der Waals surface area contributed by atoms with Crippen LogP contribution in [0.5, 0.6) is 0 Å². The van der Waals surface area contributed by atoms with E-state index in [4.69, 9.17) is 5.10 Å². The van der Waals surface area contributed by atoms with Gasteiger partial charge in [0.2, 0.25) is 5.92 Å². The van der Waals surface area contributed by atoms with Gasteiger partial charge in [-0.25, -0.2) is 21.7 Å². The number of carbonyl (C=O) groups is 1. The first-order valence-corrected chi connectivity index (χ1v) is 15.3. The van der Waals surface area contributed by atoms with Crippen molar-refractivity contribution in [1.29, 1.82) is 5.26 Å². The lowest BCUT2D eigenvalue weighted by molar-refractivity contribution is -0.132. The number of alkyl halides is 2. The number of halogens is 2. The quantitative estimate of drug-likeness (QED) is 0.426. The maximum atomic E-state index is 14.6. The first-order chi connectivity index (χ1) is 18.6. The number of nitriles is 1.